The van der Waals surface area contributed by atoms with Gasteiger partial charge in [0.2, 0.25) is 0 Å². The van der Waals surface area contributed by atoms with E-state index in [0.717, 1.165) is 18.2 Å². The lowest BCUT2D eigenvalue weighted by molar-refractivity contribution is 0.0696. The number of carboxylic acids is 2. The van der Waals surface area contributed by atoms with Crippen molar-refractivity contribution in [3.63, 3.8) is 0 Å². The topological polar surface area (TPSA) is 87.7 Å². The first-order valence-electron chi connectivity index (χ1n) is 6.80. The average molecular weight is 332 g/mol. The minimum absolute atomic E-state index is 0.00815. The molecule has 0 spiro atoms. The molecule has 0 saturated heterocycles. The molecule has 0 bridgehead atoms. The summed E-state index contributed by atoms with van der Waals surface area (Å²) < 4.78 is 31.9. The van der Waals surface area contributed by atoms with Gasteiger partial charge in [-0.2, -0.15) is 0 Å². The number of hydrogen-bond acceptors (Lipinski definition) is 3. The molecular formula is C17H10F2O5. The Hall–Kier alpha value is -3.22. The third-order valence-corrected chi connectivity index (χ3v) is 3.54. The molecule has 3 aromatic rings. The second-order valence-electron chi connectivity index (χ2n) is 5.05. The molecule has 2 aromatic carbocycles. The summed E-state index contributed by atoms with van der Waals surface area (Å²) in [6, 6.07) is 9.56. The van der Waals surface area contributed by atoms with Gasteiger partial charge in [0.05, 0.1) is 11.1 Å². The van der Waals surface area contributed by atoms with Crippen molar-refractivity contribution >= 4 is 22.9 Å². The van der Waals surface area contributed by atoms with Gasteiger partial charge in [0.1, 0.15) is 5.58 Å². The fourth-order valence-corrected chi connectivity index (χ4v) is 2.53. The smallest absolute Gasteiger partial charge is 0.335 e. The largest absolute Gasteiger partial charge is 0.478 e. The molecule has 0 fully saturated rings. The number of para-hydroxylation sites is 1. The van der Waals surface area contributed by atoms with Crippen LogP contribution in [0.1, 0.15) is 32.9 Å². The van der Waals surface area contributed by atoms with E-state index < -0.39 is 24.1 Å². The van der Waals surface area contributed by atoms with E-state index in [1.165, 1.54) is 6.07 Å². The lowest BCUT2D eigenvalue weighted by Gasteiger charge is -2.07. The van der Waals surface area contributed by atoms with Crippen LogP contribution < -0.4 is 0 Å². The van der Waals surface area contributed by atoms with Crippen molar-refractivity contribution in [1.29, 1.82) is 0 Å². The van der Waals surface area contributed by atoms with E-state index in [1.807, 2.05) is 0 Å². The fourth-order valence-electron chi connectivity index (χ4n) is 2.53. The van der Waals surface area contributed by atoms with E-state index in [4.69, 9.17) is 14.6 Å². The zero-order chi connectivity index (χ0) is 17.4. The predicted molar refractivity (Wildman–Crippen MR) is 80.5 cm³/mol. The van der Waals surface area contributed by atoms with Gasteiger partial charge in [0.15, 0.2) is 5.76 Å². The maximum Gasteiger partial charge on any atom is 0.335 e. The molecule has 122 valence electrons. The molecule has 7 heteroatoms. The van der Waals surface area contributed by atoms with Gasteiger partial charge in [0, 0.05) is 10.9 Å². The van der Waals surface area contributed by atoms with Gasteiger partial charge in [0.25, 0.3) is 6.43 Å². The minimum Gasteiger partial charge on any atom is -0.478 e. The third kappa shape index (κ3) is 2.60. The number of furan rings is 1. The Balaban J connectivity index is 2.36. The van der Waals surface area contributed by atoms with Crippen LogP contribution in [0.5, 0.6) is 0 Å². The molecule has 0 aliphatic heterocycles. The summed E-state index contributed by atoms with van der Waals surface area (Å²) in [4.78, 5) is 22.4. The number of alkyl halides is 2. The van der Waals surface area contributed by atoms with Crippen molar-refractivity contribution in [1.82, 2.24) is 0 Å². The SMILES string of the molecule is O=C(O)c1cc(C(=O)O)cc(-c2c(C(F)F)oc3ccccc23)c1. The van der Waals surface area contributed by atoms with Gasteiger partial charge in [-0.3, -0.25) is 0 Å². The molecule has 0 saturated carbocycles. The number of hydrogen-bond donors (Lipinski definition) is 2. The number of halogens is 2. The van der Waals surface area contributed by atoms with Crippen LogP contribution in [0.25, 0.3) is 22.1 Å². The van der Waals surface area contributed by atoms with Crippen LogP contribution >= 0.6 is 0 Å². The third-order valence-electron chi connectivity index (χ3n) is 3.54. The fraction of sp³-hybridized carbons (Fsp3) is 0.0588. The van der Waals surface area contributed by atoms with Gasteiger partial charge in [-0.05, 0) is 29.8 Å². The Morgan fingerprint density at radius 1 is 0.958 bits per heavy atom. The maximum absolute atomic E-state index is 13.3. The highest BCUT2D eigenvalue weighted by atomic mass is 19.3. The molecule has 0 atom stereocenters. The lowest BCUT2D eigenvalue weighted by atomic mass is 9.97. The number of carbonyl (C=O) groups is 2. The number of fused-ring (bicyclic) bond motifs is 1. The van der Waals surface area contributed by atoms with Gasteiger partial charge in [-0.1, -0.05) is 18.2 Å². The summed E-state index contributed by atoms with van der Waals surface area (Å²) in [6.07, 6.45) is -2.94. The second kappa shape index (κ2) is 5.77. The van der Waals surface area contributed by atoms with Crippen LogP contribution in [-0.4, -0.2) is 22.2 Å². The molecular weight excluding hydrogens is 322 g/mol. The molecule has 5 nitrogen and oxygen atoms in total. The van der Waals surface area contributed by atoms with E-state index in [9.17, 15) is 18.4 Å². The molecule has 0 aliphatic rings. The number of rotatable bonds is 4. The van der Waals surface area contributed by atoms with Crippen molar-refractivity contribution in [3.05, 3.63) is 59.4 Å². The summed E-state index contributed by atoms with van der Waals surface area (Å²) in [7, 11) is 0. The highest BCUT2D eigenvalue weighted by Crippen LogP contribution is 2.40. The van der Waals surface area contributed by atoms with Crippen molar-refractivity contribution in [2.24, 2.45) is 0 Å². The lowest BCUT2D eigenvalue weighted by Crippen LogP contribution is -2.03. The quantitative estimate of drug-likeness (QED) is 0.738. The van der Waals surface area contributed by atoms with Gasteiger partial charge in [-0.25, -0.2) is 18.4 Å². The summed E-state index contributed by atoms with van der Waals surface area (Å²) in [5.41, 5.74) is -0.370. The van der Waals surface area contributed by atoms with E-state index >= 15 is 0 Å². The van der Waals surface area contributed by atoms with Crippen molar-refractivity contribution in [2.75, 3.05) is 0 Å². The molecule has 0 unspecified atom stereocenters. The highest BCUT2D eigenvalue weighted by molar-refractivity contribution is 6.01. The monoisotopic (exact) mass is 332 g/mol. The second-order valence-corrected chi connectivity index (χ2v) is 5.05. The van der Waals surface area contributed by atoms with E-state index in [0.29, 0.717) is 5.39 Å². The van der Waals surface area contributed by atoms with Gasteiger partial charge >= 0.3 is 11.9 Å². The molecule has 1 heterocycles. The molecule has 1 aromatic heterocycles. The normalized spacial score (nSPS) is 11.1. The summed E-state index contributed by atoms with van der Waals surface area (Å²) in [6.45, 7) is 0. The molecule has 0 amide bonds. The first-order valence-corrected chi connectivity index (χ1v) is 6.80. The first-order chi connectivity index (χ1) is 11.4. The zero-order valence-corrected chi connectivity index (χ0v) is 12.0. The van der Waals surface area contributed by atoms with Crippen LogP contribution in [0.2, 0.25) is 0 Å². The highest BCUT2D eigenvalue weighted by Gasteiger charge is 2.24. The van der Waals surface area contributed by atoms with Crippen molar-refractivity contribution < 1.29 is 33.0 Å². The number of aromatic carboxylic acids is 2. The van der Waals surface area contributed by atoms with Crippen LogP contribution in [0.15, 0.2) is 46.9 Å². The summed E-state index contributed by atoms with van der Waals surface area (Å²) in [5, 5.41) is 18.6. The van der Waals surface area contributed by atoms with Gasteiger partial charge < -0.3 is 14.6 Å². The minimum atomic E-state index is -2.94. The van der Waals surface area contributed by atoms with E-state index in [-0.39, 0.29) is 27.8 Å². The van der Waals surface area contributed by atoms with Crippen molar-refractivity contribution in [2.45, 2.75) is 6.43 Å². The van der Waals surface area contributed by atoms with Crippen molar-refractivity contribution in [3.8, 4) is 11.1 Å². The molecule has 0 radical (unpaired) electrons. The average Bonchev–Trinajstić information content (AvgIpc) is 2.94. The molecule has 0 aliphatic carbocycles. The molecule has 2 N–H and O–H groups in total. The standard InChI is InChI=1S/C17H10F2O5/c18-15(19)14-13(11-3-1-2-4-12(11)24-14)8-5-9(16(20)21)7-10(6-8)17(22)23/h1-7,15H,(H,20,21)(H,22,23). The molecule has 3 rings (SSSR count). The Bertz CT molecular complexity index is 927. The van der Waals surface area contributed by atoms with E-state index in [2.05, 4.69) is 0 Å². The van der Waals surface area contributed by atoms with Crippen LogP contribution in [-0.2, 0) is 0 Å². The predicted octanol–water partition coefficient (Wildman–Crippen LogP) is 4.43. The Labute approximate surface area is 133 Å². The summed E-state index contributed by atoms with van der Waals surface area (Å²) in [5.74, 6) is -3.34. The number of carboxylic acid groups (broad SMARTS) is 2. The Morgan fingerprint density at radius 3 is 2.08 bits per heavy atom. The van der Waals surface area contributed by atoms with Crippen LogP contribution in [0, 0.1) is 0 Å². The number of benzene rings is 2. The zero-order valence-electron chi connectivity index (χ0n) is 12.0. The Kier molecular flexibility index (Phi) is 3.76. The first kappa shape index (κ1) is 15.7. The maximum atomic E-state index is 13.3. The van der Waals surface area contributed by atoms with Crippen LogP contribution in [0.4, 0.5) is 8.78 Å². The Morgan fingerprint density at radius 2 is 1.54 bits per heavy atom. The van der Waals surface area contributed by atoms with Crippen LogP contribution in [0.3, 0.4) is 0 Å². The van der Waals surface area contributed by atoms with E-state index in [1.54, 1.807) is 18.2 Å². The summed E-state index contributed by atoms with van der Waals surface area (Å²) >= 11 is 0. The molecule has 24 heavy (non-hydrogen) atoms. The van der Waals surface area contributed by atoms with Gasteiger partial charge in [-0.15, -0.1) is 0 Å².